The Morgan fingerprint density at radius 3 is 2.75 bits per heavy atom. The van der Waals surface area contributed by atoms with Gasteiger partial charge in [-0.05, 0) is 106 Å². The summed E-state index contributed by atoms with van der Waals surface area (Å²) in [5, 5.41) is 10.2. The van der Waals surface area contributed by atoms with E-state index in [1.54, 1.807) is 39.2 Å². The van der Waals surface area contributed by atoms with Crippen molar-refractivity contribution in [1.82, 2.24) is 4.72 Å². The van der Waals surface area contributed by atoms with Gasteiger partial charge in [0, 0.05) is 42.1 Å². The number of hydrogen-bond acceptors (Lipinski definition) is 7. The largest absolute Gasteiger partial charge is 0.490 e. The number of ether oxygens (including phenoxy) is 2. The van der Waals surface area contributed by atoms with Crippen molar-refractivity contribution in [3.05, 3.63) is 70.3 Å². The van der Waals surface area contributed by atoms with Gasteiger partial charge >= 0.3 is 0 Å². The second-order valence-electron chi connectivity index (χ2n) is 13.2. The summed E-state index contributed by atoms with van der Waals surface area (Å²) in [6.45, 7) is 5.10. The van der Waals surface area contributed by atoms with Crippen LogP contribution in [-0.2, 0) is 26.6 Å². The van der Waals surface area contributed by atoms with Gasteiger partial charge in [0.05, 0.1) is 29.8 Å². The number of amides is 1. The highest BCUT2D eigenvalue weighted by Gasteiger charge is 2.44. The zero-order chi connectivity index (χ0) is 31.2. The lowest BCUT2D eigenvalue weighted by molar-refractivity contribution is 0.0130. The molecular formula is C34H43ClN2O6S. The molecule has 44 heavy (non-hydrogen) atoms. The number of sulfonamides is 1. The predicted octanol–water partition coefficient (Wildman–Crippen LogP) is 5.26. The van der Waals surface area contributed by atoms with Crippen molar-refractivity contribution in [2.45, 2.75) is 75.2 Å². The number of aryl methyl sites for hydroxylation is 1. The Bertz CT molecular complexity index is 1540. The number of allylic oxidation sites excluding steroid dienone is 1. The van der Waals surface area contributed by atoms with Gasteiger partial charge in [0.2, 0.25) is 10.0 Å². The van der Waals surface area contributed by atoms with Crippen molar-refractivity contribution in [3.8, 4) is 5.75 Å². The topological polar surface area (TPSA) is 105 Å². The van der Waals surface area contributed by atoms with Gasteiger partial charge in [-0.3, -0.25) is 4.79 Å². The van der Waals surface area contributed by atoms with E-state index in [1.165, 1.54) is 11.1 Å². The zero-order valence-electron chi connectivity index (χ0n) is 25.7. The number of carbonyl (C=O) groups excluding carboxylic acids is 1. The summed E-state index contributed by atoms with van der Waals surface area (Å²) in [7, 11) is -2.37. The Hall–Kier alpha value is -2.59. The molecule has 1 fully saturated rings. The van der Waals surface area contributed by atoms with E-state index in [2.05, 4.69) is 21.8 Å². The first-order valence-electron chi connectivity index (χ1n) is 15.8. The third-order valence-corrected chi connectivity index (χ3v) is 12.6. The molecule has 10 heteroatoms. The monoisotopic (exact) mass is 642 g/mol. The molecule has 238 valence electrons. The molecule has 2 bridgehead atoms. The highest BCUT2D eigenvalue weighted by Crippen LogP contribution is 2.47. The smallest absolute Gasteiger partial charge is 0.264 e. The minimum absolute atomic E-state index is 0.122. The number of nitrogens with zero attached hydrogens (tertiary/aromatic N) is 1. The molecule has 4 aliphatic rings. The van der Waals surface area contributed by atoms with Crippen LogP contribution in [0.15, 0.2) is 48.6 Å². The molecule has 0 saturated heterocycles. The number of nitrogens with one attached hydrogen (secondary N) is 1. The van der Waals surface area contributed by atoms with Crippen LogP contribution >= 0.6 is 11.6 Å². The number of rotatable bonds is 2. The van der Waals surface area contributed by atoms with E-state index in [0.717, 1.165) is 49.4 Å². The molecule has 7 atom stereocenters. The van der Waals surface area contributed by atoms with Gasteiger partial charge in [0.1, 0.15) is 5.75 Å². The molecule has 0 aromatic heterocycles. The molecular weight excluding hydrogens is 600 g/mol. The van der Waals surface area contributed by atoms with Crippen molar-refractivity contribution >= 4 is 33.2 Å². The van der Waals surface area contributed by atoms with Crippen LogP contribution in [0.1, 0.15) is 67.4 Å². The standard InChI is InChI=1S/C34H43ClN2O6S/c1-21(38)27-7-4-8-31(42-3)28-12-9-25(28)18-37-19-34(15-5-6-23-16-26(35)11-13-29(23)34)20-43-32-14-10-24(17-30(32)37)33(39)36-44(40,41)22(27)2/h4,8,10-11,13-14,16-17,21-22,25,27-28,31,38H,5-7,9,12,15,18-20H2,1-3H3,(H,36,39)/b8-4+/t21-,22-,25+,27-,28-,31+,34+/m1/s1. The van der Waals surface area contributed by atoms with E-state index in [1.807, 2.05) is 18.2 Å². The number of fused-ring (bicyclic) bond motifs is 4. The predicted molar refractivity (Wildman–Crippen MR) is 172 cm³/mol. The molecule has 1 spiro atoms. The number of carbonyl (C=O) groups is 1. The fourth-order valence-electron chi connectivity index (χ4n) is 7.85. The molecule has 1 saturated carbocycles. The first-order valence-corrected chi connectivity index (χ1v) is 17.7. The van der Waals surface area contributed by atoms with Crippen LogP contribution in [-0.4, -0.2) is 63.7 Å². The minimum atomic E-state index is -4.09. The molecule has 2 aromatic rings. The third kappa shape index (κ3) is 5.88. The minimum Gasteiger partial charge on any atom is -0.490 e. The summed E-state index contributed by atoms with van der Waals surface area (Å²) in [4.78, 5) is 15.8. The van der Waals surface area contributed by atoms with Gasteiger partial charge in [-0.25, -0.2) is 13.1 Å². The van der Waals surface area contributed by atoms with Crippen molar-refractivity contribution < 1.29 is 27.8 Å². The van der Waals surface area contributed by atoms with E-state index in [0.29, 0.717) is 37.2 Å². The number of anilines is 1. The van der Waals surface area contributed by atoms with Gasteiger partial charge in [0.25, 0.3) is 5.91 Å². The summed E-state index contributed by atoms with van der Waals surface area (Å²) in [6.07, 6.45) is 8.37. The molecule has 1 amide bonds. The summed E-state index contributed by atoms with van der Waals surface area (Å²) < 4.78 is 41.6. The number of halogens is 1. The number of benzene rings is 2. The maximum atomic E-state index is 13.5. The molecule has 0 unspecified atom stereocenters. The van der Waals surface area contributed by atoms with E-state index in [4.69, 9.17) is 21.1 Å². The highest BCUT2D eigenvalue weighted by molar-refractivity contribution is 7.90. The molecule has 8 nitrogen and oxygen atoms in total. The van der Waals surface area contributed by atoms with E-state index < -0.39 is 33.2 Å². The molecule has 2 aromatic carbocycles. The van der Waals surface area contributed by atoms with Gasteiger partial charge in [-0.1, -0.05) is 29.8 Å². The summed E-state index contributed by atoms with van der Waals surface area (Å²) >= 11 is 6.41. The van der Waals surface area contributed by atoms with Crippen molar-refractivity contribution in [3.63, 3.8) is 0 Å². The Morgan fingerprint density at radius 2 is 2.02 bits per heavy atom. The first-order chi connectivity index (χ1) is 21.0. The Labute approximate surface area is 265 Å². The summed E-state index contributed by atoms with van der Waals surface area (Å²) in [5.74, 6) is 0.0507. The molecule has 2 aliphatic heterocycles. The zero-order valence-corrected chi connectivity index (χ0v) is 27.2. The van der Waals surface area contributed by atoms with Crippen LogP contribution in [0.4, 0.5) is 5.69 Å². The molecule has 2 aliphatic carbocycles. The molecule has 6 rings (SSSR count). The Morgan fingerprint density at radius 1 is 1.20 bits per heavy atom. The van der Waals surface area contributed by atoms with Crippen LogP contribution in [0.5, 0.6) is 5.75 Å². The van der Waals surface area contributed by atoms with Gasteiger partial charge in [-0.15, -0.1) is 0 Å². The second kappa shape index (κ2) is 12.3. The third-order valence-electron chi connectivity index (χ3n) is 10.6. The van der Waals surface area contributed by atoms with Gasteiger partial charge in [-0.2, -0.15) is 0 Å². The summed E-state index contributed by atoms with van der Waals surface area (Å²) in [5.41, 5.74) is 3.32. The van der Waals surface area contributed by atoms with Crippen LogP contribution in [0.25, 0.3) is 0 Å². The SMILES string of the molecule is CO[C@H]1/C=C/C[C@H]([C@@H](C)O)[C@@H](C)S(=O)(=O)NC(=O)c2ccc3c(c2)N(C[C@@H]2CC[C@H]21)C[C@@]1(CCCc2cc(Cl)ccc21)CO3. The Balaban J connectivity index is 1.43. The van der Waals surface area contributed by atoms with Gasteiger partial charge in [0.15, 0.2) is 0 Å². The lowest BCUT2D eigenvalue weighted by atomic mass is 9.68. The number of aliphatic hydroxyl groups excluding tert-OH is 1. The average Bonchev–Trinajstić information content (AvgIpc) is 3.12. The number of hydrogen-bond donors (Lipinski definition) is 2. The van der Waals surface area contributed by atoms with E-state index in [-0.39, 0.29) is 17.1 Å². The van der Waals surface area contributed by atoms with Crippen molar-refractivity contribution in [2.24, 2.45) is 17.8 Å². The molecule has 0 radical (unpaired) electrons. The van der Waals surface area contributed by atoms with Crippen LogP contribution in [0, 0.1) is 17.8 Å². The highest BCUT2D eigenvalue weighted by atomic mass is 35.5. The maximum absolute atomic E-state index is 13.5. The van der Waals surface area contributed by atoms with E-state index in [9.17, 15) is 18.3 Å². The average molecular weight is 643 g/mol. The molecule has 2 heterocycles. The molecule has 2 N–H and O–H groups in total. The fraction of sp³-hybridized carbons (Fsp3) is 0.559. The van der Waals surface area contributed by atoms with Crippen molar-refractivity contribution in [2.75, 3.05) is 31.7 Å². The van der Waals surface area contributed by atoms with Crippen LogP contribution in [0.3, 0.4) is 0 Å². The fourth-order valence-corrected chi connectivity index (χ4v) is 9.41. The quantitative estimate of drug-likeness (QED) is 0.431. The van der Waals surface area contributed by atoms with E-state index >= 15 is 0 Å². The van der Waals surface area contributed by atoms with Crippen molar-refractivity contribution in [1.29, 1.82) is 0 Å². The maximum Gasteiger partial charge on any atom is 0.264 e. The van der Waals surface area contributed by atoms with Crippen LogP contribution < -0.4 is 14.4 Å². The Kier molecular flexibility index (Phi) is 8.78. The lowest BCUT2D eigenvalue weighted by Crippen LogP contribution is -2.49. The summed E-state index contributed by atoms with van der Waals surface area (Å²) in [6, 6.07) is 11.4. The normalized spacial score (nSPS) is 33.1. The second-order valence-corrected chi connectivity index (χ2v) is 15.7. The first kappa shape index (κ1) is 31.4. The van der Waals surface area contributed by atoms with Crippen LogP contribution in [0.2, 0.25) is 5.02 Å². The van der Waals surface area contributed by atoms with Gasteiger partial charge < -0.3 is 19.5 Å². The number of aliphatic hydroxyl groups is 1. The number of methoxy groups -OCH3 is 1. The lowest BCUT2D eigenvalue weighted by Gasteiger charge is -2.46.